The number of carbonyl (C=O) groups is 2. The Labute approximate surface area is 206 Å². The van der Waals surface area contributed by atoms with Crippen LogP contribution in [0, 0.1) is 5.41 Å². The van der Waals surface area contributed by atoms with Gasteiger partial charge in [-0.15, -0.1) is 0 Å². The summed E-state index contributed by atoms with van der Waals surface area (Å²) in [5.74, 6) is -0.0456. The van der Waals surface area contributed by atoms with Gasteiger partial charge in [-0.05, 0) is 43.7 Å². The van der Waals surface area contributed by atoms with Gasteiger partial charge in [0.15, 0.2) is 0 Å². The first-order valence-corrected chi connectivity index (χ1v) is 11.7. The van der Waals surface area contributed by atoms with Crippen molar-refractivity contribution in [3.8, 4) is 11.6 Å². The number of fused-ring (bicyclic) bond motifs is 2. The van der Waals surface area contributed by atoms with Gasteiger partial charge in [-0.1, -0.05) is 12.1 Å². The molecule has 4 N–H and O–H groups in total. The molecule has 2 aromatic heterocycles. The molecular formula is C26H27N5O5. The van der Waals surface area contributed by atoms with E-state index >= 15 is 0 Å². The number of aliphatic hydroxyl groups excluding tert-OH is 1. The molecule has 5 rings (SSSR count). The van der Waals surface area contributed by atoms with Crippen LogP contribution in [0.3, 0.4) is 0 Å². The van der Waals surface area contributed by atoms with Crippen molar-refractivity contribution in [3.63, 3.8) is 0 Å². The van der Waals surface area contributed by atoms with Gasteiger partial charge in [-0.2, -0.15) is 0 Å². The van der Waals surface area contributed by atoms with E-state index in [0.717, 1.165) is 28.5 Å². The zero-order chi connectivity index (χ0) is 25.4. The topological polar surface area (TPSA) is 144 Å². The van der Waals surface area contributed by atoms with E-state index in [1.807, 2.05) is 41.0 Å². The minimum absolute atomic E-state index is 0.00532. The Bertz CT molecular complexity index is 1470. The fourth-order valence-electron chi connectivity index (χ4n) is 4.27. The first kappa shape index (κ1) is 23.7. The predicted octanol–water partition coefficient (Wildman–Crippen LogP) is 2.49. The quantitative estimate of drug-likeness (QED) is 0.359. The number of imidazole rings is 1. The van der Waals surface area contributed by atoms with Crippen molar-refractivity contribution in [2.75, 3.05) is 24.7 Å². The summed E-state index contributed by atoms with van der Waals surface area (Å²) < 4.78 is 7.50. The molecule has 3 heterocycles. The van der Waals surface area contributed by atoms with E-state index in [1.54, 1.807) is 23.4 Å². The number of benzene rings is 2. The van der Waals surface area contributed by atoms with Gasteiger partial charge < -0.3 is 25.6 Å². The van der Waals surface area contributed by atoms with Crippen molar-refractivity contribution in [1.82, 2.24) is 14.5 Å². The molecular weight excluding hydrogens is 462 g/mol. The van der Waals surface area contributed by atoms with Crippen molar-refractivity contribution in [2.24, 2.45) is 11.1 Å². The van der Waals surface area contributed by atoms with Gasteiger partial charge in [-0.3, -0.25) is 14.2 Å². The number of piperidine rings is 1. The second-order valence-corrected chi connectivity index (χ2v) is 9.39. The second kappa shape index (κ2) is 9.21. The third-order valence-electron chi connectivity index (χ3n) is 6.62. The Morgan fingerprint density at radius 3 is 2.83 bits per heavy atom. The Morgan fingerprint density at radius 1 is 1.25 bits per heavy atom. The summed E-state index contributed by atoms with van der Waals surface area (Å²) in [5.41, 5.74) is 7.48. The van der Waals surface area contributed by atoms with Crippen LogP contribution in [0.4, 0.5) is 5.69 Å². The van der Waals surface area contributed by atoms with Gasteiger partial charge in [0.05, 0.1) is 28.8 Å². The zero-order valence-electron chi connectivity index (χ0n) is 19.8. The van der Waals surface area contributed by atoms with Crippen molar-refractivity contribution >= 4 is 39.5 Å². The molecule has 1 fully saturated rings. The Balaban J connectivity index is 1.47. The summed E-state index contributed by atoms with van der Waals surface area (Å²) in [6.07, 6.45) is 2.71. The van der Waals surface area contributed by atoms with Crippen LogP contribution in [0.15, 0.2) is 54.9 Å². The van der Waals surface area contributed by atoms with Crippen LogP contribution in [0.1, 0.15) is 19.8 Å². The number of rotatable bonds is 7. The highest BCUT2D eigenvalue weighted by Crippen LogP contribution is 2.30. The maximum atomic E-state index is 12.7. The average Bonchev–Trinajstić information content (AvgIpc) is 3.30. The van der Waals surface area contributed by atoms with Crippen molar-refractivity contribution in [1.29, 1.82) is 0 Å². The number of carbonyl (C=O) groups excluding carboxylic acids is 1. The van der Waals surface area contributed by atoms with Crippen molar-refractivity contribution < 1.29 is 24.5 Å². The number of nitrogens with zero attached hydrogens (tertiary/aromatic N) is 4. The molecule has 10 nitrogen and oxygen atoms in total. The number of aliphatic hydroxyl groups is 1. The Hall–Kier alpha value is -4.02. The van der Waals surface area contributed by atoms with Crippen molar-refractivity contribution in [2.45, 2.75) is 25.8 Å². The number of para-hydroxylation sites is 1. The number of nitrogens with two attached hydrogens (primary N) is 1. The van der Waals surface area contributed by atoms with Gasteiger partial charge in [0.1, 0.15) is 29.9 Å². The third-order valence-corrected chi connectivity index (χ3v) is 6.62. The van der Waals surface area contributed by atoms with Crippen LogP contribution < -0.4 is 15.4 Å². The van der Waals surface area contributed by atoms with Crippen LogP contribution in [-0.2, 0) is 9.59 Å². The molecule has 4 aromatic rings. The second-order valence-electron chi connectivity index (χ2n) is 9.39. The number of anilines is 1. The number of carboxylic acids is 1. The van der Waals surface area contributed by atoms with Crippen LogP contribution in [0.5, 0.6) is 5.75 Å². The molecule has 0 saturated carbocycles. The standard InChI is InChI=1S/C26H27N5O5/c1-26(13-32,25(34)35)14-36-18-6-7-20-19(12-18)28-15-31(20)22-8-5-16-3-2-4-21(24(16)29-22)30-10-9-17(27)11-23(30)33/h2-8,12,15,17,32H,9-11,13-14,27H2,1H3,(H,34,35). The first-order valence-electron chi connectivity index (χ1n) is 11.7. The molecule has 186 valence electrons. The first-order chi connectivity index (χ1) is 17.3. The number of amides is 1. The molecule has 1 amide bonds. The molecule has 0 bridgehead atoms. The third kappa shape index (κ3) is 4.25. The molecule has 0 spiro atoms. The molecule has 1 saturated heterocycles. The molecule has 0 aliphatic carbocycles. The van der Waals surface area contributed by atoms with Crippen LogP contribution in [0.25, 0.3) is 27.8 Å². The largest absolute Gasteiger partial charge is 0.492 e. The van der Waals surface area contributed by atoms with Gasteiger partial charge >= 0.3 is 5.97 Å². The molecule has 0 radical (unpaired) electrons. The fraction of sp³-hybridized carbons (Fsp3) is 0.308. The normalized spacial score (nSPS) is 17.9. The number of aromatic nitrogens is 3. The highest BCUT2D eigenvalue weighted by Gasteiger charge is 2.33. The SMILES string of the molecule is CC(CO)(COc1ccc2c(c1)ncn2-c1ccc2cccc(N3CCC(N)CC3=O)c2n1)C(=O)O. The summed E-state index contributed by atoms with van der Waals surface area (Å²) in [5, 5.41) is 19.7. The maximum Gasteiger partial charge on any atom is 0.315 e. The molecule has 1 aliphatic heterocycles. The highest BCUT2D eigenvalue weighted by atomic mass is 16.5. The van der Waals surface area contributed by atoms with Crippen LogP contribution in [-0.4, -0.2) is 62.4 Å². The van der Waals surface area contributed by atoms with E-state index in [0.29, 0.717) is 30.0 Å². The van der Waals surface area contributed by atoms with Gasteiger partial charge in [0, 0.05) is 30.5 Å². The fourth-order valence-corrected chi connectivity index (χ4v) is 4.27. The zero-order valence-corrected chi connectivity index (χ0v) is 19.8. The lowest BCUT2D eigenvalue weighted by Crippen LogP contribution is -2.44. The Morgan fingerprint density at radius 2 is 2.08 bits per heavy atom. The van der Waals surface area contributed by atoms with E-state index in [9.17, 15) is 19.8 Å². The summed E-state index contributed by atoms with van der Waals surface area (Å²) in [6, 6.07) is 14.8. The number of carboxylic acid groups (broad SMARTS) is 1. The monoisotopic (exact) mass is 489 g/mol. The molecule has 2 aromatic carbocycles. The van der Waals surface area contributed by atoms with Crippen LogP contribution in [0.2, 0.25) is 0 Å². The number of aliphatic carboxylic acids is 1. The van der Waals surface area contributed by atoms with Gasteiger partial charge in [0.25, 0.3) is 0 Å². The summed E-state index contributed by atoms with van der Waals surface area (Å²) in [4.78, 5) is 35.2. The molecule has 10 heteroatoms. The molecule has 1 aliphatic rings. The van der Waals surface area contributed by atoms with Gasteiger partial charge in [0.2, 0.25) is 5.91 Å². The van der Waals surface area contributed by atoms with E-state index < -0.39 is 18.0 Å². The summed E-state index contributed by atoms with van der Waals surface area (Å²) in [7, 11) is 0. The maximum absolute atomic E-state index is 12.7. The lowest BCUT2D eigenvalue weighted by atomic mass is 9.93. The molecule has 36 heavy (non-hydrogen) atoms. The van der Waals surface area contributed by atoms with Crippen molar-refractivity contribution in [3.05, 3.63) is 54.9 Å². The summed E-state index contributed by atoms with van der Waals surface area (Å²) in [6.45, 7) is 1.26. The number of hydrogen-bond donors (Lipinski definition) is 3. The Kier molecular flexibility index (Phi) is 6.07. The molecule has 2 unspecified atom stereocenters. The number of pyridine rings is 1. The van der Waals surface area contributed by atoms with Crippen LogP contribution >= 0.6 is 0 Å². The van der Waals surface area contributed by atoms with E-state index in [4.69, 9.17) is 15.5 Å². The minimum Gasteiger partial charge on any atom is -0.492 e. The van der Waals surface area contributed by atoms with Gasteiger partial charge in [-0.25, -0.2) is 9.97 Å². The minimum atomic E-state index is -1.40. The smallest absolute Gasteiger partial charge is 0.315 e. The summed E-state index contributed by atoms with van der Waals surface area (Å²) >= 11 is 0. The van der Waals surface area contributed by atoms with E-state index in [2.05, 4.69) is 4.98 Å². The molecule has 2 atom stereocenters. The van der Waals surface area contributed by atoms with E-state index in [1.165, 1.54) is 6.92 Å². The lowest BCUT2D eigenvalue weighted by molar-refractivity contribution is -0.152. The average molecular weight is 490 g/mol. The highest BCUT2D eigenvalue weighted by molar-refractivity contribution is 6.03. The predicted molar refractivity (Wildman–Crippen MR) is 134 cm³/mol. The lowest BCUT2D eigenvalue weighted by Gasteiger charge is -2.30. The number of ether oxygens (including phenoxy) is 1. The number of hydrogen-bond acceptors (Lipinski definition) is 7. The van der Waals surface area contributed by atoms with E-state index in [-0.39, 0.29) is 18.6 Å².